The lowest BCUT2D eigenvalue weighted by Crippen LogP contribution is -2.43. The highest BCUT2D eigenvalue weighted by molar-refractivity contribution is 7.23. The molecule has 3 aliphatic rings. The number of aldehydes is 1. The molecule has 1 aliphatic carbocycles. The fourth-order valence-corrected chi connectivity index (χ4v) is 8.30. The van der Waals surface area contributed by atoms with Crippen LogP contribution in [0.1, 0.15) is 98.0 Å². The summed E-state index contributed by atoms with van der Waals surface area (Å²) in [6.45, 7) is 12.0. The van der Waals surface area contributed by atoms with E-state index in [9.17, 15) is 9.65 Å². The molecule has 4 aromatic rings. The van der Waals surface area contributed by atoms with Gasteiger partial charge in [0.2, 0.25) is 5.88 Å². The van der Waals surface area contributed by atoms with Crippen LogP contribution in [0, 0.1) is 23.0 Å². The zero-order valence-electron chi connectivity index (χ0n) is 29.0. The van der Waals surface area contributed by atoms with E-state index in [4.69, 9.17) is 31.6 Å². The predicted octanol–water partition coefficient (Wildman–Crippen LogP) is 9.87. The molecule has 0 amide bonds. The van der Waals surface area contributed by atoms with Crippen molar-refractivity contribution in [2.45, 2.75) is 104 Å². The summed E-state index contributed by atoms with van der Waals surface area (Å²) in [6, 6.07) is 6.33. The third-order valence-corrected chi connectivity index (χ3v) is 10.5. The number of ether oxygens (including phenoxy) is 2. The lowest BCUT2D eigenvalue weighted by Gasteiger charge is -2.31. The average Bonchev–Trinajstić information content (AvgIpc) is 3.80. The number of nitrogen functional groups attached to an aromatic ring is 1. The fraction of sp³-hybridized carbons (Fsp3) is 0.514. The average molecular weight is 714 g/mol. The molecule has 8 nitrogen and oxygen atoms in total. The highest BCUT2D eigenvalue weighted by atomic mass is 35.5. The highest BCUT2D eigenvalue weighted by Crippen LogP contribution is 2.46. The summed E-state index contributed by atoms with van der Waals surface area (Å²) in [5, 5.41) is 10.6. The number of anilines is 1. The molecule has 0 unspecified atom stereocenters. The second kappa shape index (κ2) is 17.4. The number of nitrogens with two attached hydrogens (primary N) is 1. The van der Waals surface area contributed by atoms with Crippen molar-refractivity contribution in [2.24, 2.45) is 0 Å². The van der Waals surface area contributed by atoms with Crippen molar-refractivity contribution < 1.29 is 23.0 Å². The van der Waals surface area contributed by atoms with Gasteiger partial charge in [-0.2, -0.15) is 15.2 Å². The first kappa shape index (κ1) is 38.2. The van der Waals surface area contributed by atoms with Crippen LogP contribution in [-0.4, -0.2) is 52.5 Å². The van der Waals surface area contributed by atoms with Crippen molar-refractivity contribution in [1.82, 2.24) is 14.9 Å². The monoisotopic (exact) mass is 713 g/mol. The number of aromatic nitrogens is 2. The zero-order chi connectivity index (χ0) is 35.7. The molecule has 2 aromatic carbocycles. The standard InChI is InChI=1S/C31H30ClF2N5O2S.C2H4O.2C2H6/c32-21-14-19-26(25(34)24(21)18-8-9-22(33)27-23(18)20(15-35)28(36)42-27)37-30(38-29(19)41-17-6-2-1-3-7-17)40-16-31-10-4-12-39(31)13-5-11-31;1-2-3;2*1-2/h8-9,14,17H,1-7,10-13,16,36H2;2H,1H3;2*1-2H3. The summed E-state index contributed by atoms with van der Waals surface area (Å²) in [5.74, 6) is -1.03. The Balaban J connectivity index is 0.000000722. The van der Waals surface area contributed by atoms with E-state index in [1.807, 2.05) is 33.8 Å². The van der Waals surface area contributed by atoms with Gasteiger partial charge in [-0.3, -0.25) is 4.90 Å². The number of hydrogen-bond donors (Lipinski definition) is 1. The van der Waals surface area contributed by atoms with Gasteiger partial charge >= 0.3 is 6.01 Å². The van der Waals surface area contributed by atoms with E-state index in [0.717, 1.165) is 88.5 Å². The first-order valence-electron chi connectivity index (χ1n) is 17.3. The van der Waals surface area contributed by atoms with E-state index in [0.29, 0.717) is 12.0 Å². The first-order chi connectivity index (χ1) is 23.8. The Morgan fingerprint density at radius 2 is 1.76 bits per heavy atom. The fourth-order valence-electron chi connectivity index (χ4n) is 7.06. The number of carbonyl (C=O) groups excluding carboxylic acids is 1. The normalized spacial score (nSPS) is 16.7. The van der Waals surface area contributed by atoms with Gasteiger partial charge in [0.25, 0.3) is 0 Å². The maximum absolute atomic E-state index is 16.7. The number of halogens is 3. The smallest absolute Gasteiger partial charge is 0.320 e. The number of benzene rings is 2. The number of nitrogens with zero attached hydrogens (tertiary/aromatic N) is 4. The number of nitriles is 1. The molecule has 4 heterocycles. The third-order valence-electron chi connectivity index (χ3n) is 9.14. The predicted molar refractivity (Wildman–Crippen MR) is 195 cm³/mol. The van der Waals surface area contributed by atoms with Crippen molar-refractivity contribution in [2.75, 3.05) is 25.4 Å². The van der Waals surface area contributed by atoms with E-state index < -0.39 is 11.6 Å². The highest BCUT2D eigenvalue weighted by Gasteiger charge is 2.45. The Morgan fingerprint density at radius 3 is 2.39 bits per heavy atom. The Kier molecular flexibility index (Phi) is 13.5. The molecule has 2 saturated heterocycles. The quantitative estimate of drug-likeness (QED) is 0.196. The van der Waals surface area contributed by atoms with Crippen molar-refractivity contribution in [3.05, 3.63) is 40.4 Å². The topological polar surface area (TPSA) is 114 Å². The largest absolute Gasteiger partial charge is 0.474 e. The summed E-state index contributed by atoms with van der Waals surface area (Å²) in [5.41, 5.74) is 6.36. The maximum Gasteiger partial charge on any atom is 0.320 e. The first-order valence-corrected chi connectivity index (χ1v) is 18.5. The van der Waals surface area contributed by atoms with Gasteiger partial charge in [0.15, 0.2) is 5.82 Å². The van der Waals surface area contributed by atoms with Crippen LogP contribution in [0.2, 0.25) is 5.02 Å². The molecule has 2 aromatic heterocycles. The van der Waals surface area contributed by atoms with Crippen LogP contribution in [0.3, 0.4) is 0 Å². The molecule has 2 aliphatic heterocycles. The molecular weight excluding hydrogens is 668 g/mol. The molecule has 0 spiro atoms. The summed E-state index contributed by atoms with van der Waals surface area (Å²) < 4.78 is 44.2. The van der Waals surface area contributed by atoms with Gasteiger partial charge < -0.3 is 20.0 Å². The molecule has 2 N–H and O–H groups in total. The number of fused-ring (bicyclic) bond motifs is 3. The van der Waals surface area contributed by atoms with Gasteiger partial charge in [0.1, 0.15) is 41.4 Å². The molecule has 0 bridgehead atoms. The summed E-state index contributed by atoms with van der Waals surface area (Å²) in [6.07, 6.45) is 10.1. The number of hydrogen-bond acceptors (Lipinski definition) is 9. The van der Waals surface area contributed by atoms with Crippen LogP contribution in [0.5, 0.6) is 11.9 Å². The van der Waals surface area contributed by atoms with Gasteiger partial charge in [0.05, 0.1) is 26.2 Å². The second-order valence-electron chi connectivity index (χ2n) is 11.8. The van der Waals surface area contributed by atoms with Gasteiger partial charge in [-0.15, -0.1) is 11.3 Å². The Morgan fingerprint density at radius 1 is 1.10 bits per heavy atom. The van der Waals surface area contributed by atoms with E-state index in [1.165, 1.54) is 19.1 Å². The van der Waals surface area contributed by atoms with Crippen LogP contribution >= 0.6 is 22.9 Å². The van der Waals surface area contributed by atoms with Crippen molar-refractivity contribution in [3.8, 4) is 29.1 Å². The van der Waals surface area contributed by atoms with Gasteiger partial charge in [-0.25, -0.2) is 8.78 Å². The molecule has 0 radical (unpaired) electrons. The minimum Gasteiger partial charge on any atom is -0.474 e. The zero-order valence-corrected chi connectivity index (χ0v) is 30.6. The molecule has 3 fully saturated rings. The van der Waals surface area contributed by atoms with Gasteiger partial charge in [-0.05, 0) is 89.1 Å². The van der Waals surface area contributed by atoms with Crippen LogP contribution in [0.15, 0.2) is 18.2 Å². The minimum atomic E-state index is -0.721. The van der Waals surface area contributed by atoms with Crippen LogP contribution in [0.4, 0.5) is 13.8 Å². The Bertz CT molecular complexity index is 1800. The molecule has 1 saturated carbocycles. The van der Waals surface area contributed by atoms with E-state index in [2.05, 4.69) is 14.9 Å². The number of thiophene rings is 1. The van der Waals surface area contributed by atoms with Crippen molar-refractivity contribution in [3.63, 3.8) is 0 Å². The molecule has 12 heteroatoms. The molecular formula is C37H46ClF2N5O3S. The molecule has 264 valence electrons. The van der Waals surface area contributed by atoms with Gasteiger partial charge in [0, 0.05) is 10.9 Å². The third kappa shape index (κ3) is 7.77. The molecule has 49 heavy (non-hydrogen) atoms. The van der Waals surface area contributed by atoms with E-state index in [1.54, 1.807) is 6.07 Å². The van der Waals surface area contributed by atoms with Crippen LogP contribution in [0.25, 0.3) is 32.1 Å². The summed E-state index contributed by atoms with van der Waals surface area (Å²) in [4.78, 5) is 20.5. The Labute approximate surface area is 296 Å². The van der Waals surface area contributed by atoms with E-state index in [-0.39, 0.29) is 65.9 Å². The summed E-state index contributed by atoms with van der Waals surface area (Å²) in [7, 11) is 0. The lowest BCUT2D eigenvalue weighted by atomic mass is 9.95. The summed E-state index contributed by atoms with van der Waals surface area (Å²) >= 11 is 7.70. The van der Waals surface area contributed by atoms with Crippen molar-refractivity contribution >= 4 is 55.2 Å². The number of rotatable bonds is 6. The lowest BCUT2D eigenvalue weighted by molar-refractivity contribution is -0.106. The maximum atomic E-state index is 16.7. The number of carbonyl (C=O) groups is 1. The Hall–Kier alpha value is -3.59. The van der Waals surface area contributed by atoms with Crippen molar-refractivity contribution in [1.29, 1.82) is 5.26 Å². The second-order valence-corrected chi connectivity index (χ2v) is 13.3. The van der Waals surface area contributed by atoms with Crippen LogP contribution < -0.4 is 15.2 Å². The minimum absolute atomic E-state index is 0.00315. The SMILES string of the molecule is CC.CC.CC=O.N#Cc1c(N)sc2c(F)ccc(-c3c(Cl)cc4c(OC5CCCCC5)nc(OCC56CCCN5CCC6)nc4c3F)c12. The molecule has 0 atom stereocenters. The van der Waals surface area contributed by atoms with Gasteiger partial charge in [-0.1, -0.05) is 51.8 Å². The van der Waals surface area contributed by atoms with E-state index >= 15 is 4.39 Å². The van der Waals surface area contributed by atoms with Crippen LogP contribution in [-0.2, 0) is 4.79 Å². The molecule has 7 rings (SSSR count).